The summed E-state index contributed by atoms with van der Waals surface area (Å²) in [5.74, 6) is 0.228. The van der Waals surface area contributed by atoms with Crippen molar-refractivity contribution < 1.29 is 9.59 Å². The van der Waals surface area contributed by atoms with Gasteiger partial charge in [-0.3, -0.25) is 14.5 Å². The molecule has 0 spiro atoms. The van der Waals surface area contributed by atoms with Crippen LogP contribution in [0.5, 0.6) is 0 Å². The smallest absolute Gasteiger partial charge is 0.235 e. The highest BCUT2D eigenvalue weighted by atomic mass is 16.2. The lowest BCUT2D eigenvalue weighted by molar-refractivity contribution is -0.142. The van der Waals surface area contributed by atoms with Crippen molar-refractivity contribution in [2.45, 2.75) is 46.1 Å². The Morgan fingerprint density at radius 3 is 2.65 bits per heavy atom. The Hall–Kier alpha value is -0.900. The second-order valence-electron chi connectivity index (χ2n) is 5.85. The summed E-state index contributed by atoms with van der Waals surface area (Å²) in [4.78, 5) is 25.8. The van der Waals surface area contributed by atoms with E-state index in [-0.39, 0.29) is 17.7 Å². The molecule has 4 heteroatoms. The first-order chi connectivity index (χ1) is 7.95. The molecule has 2 atom stereocenters. The van der Waals surface area contributed by atoms with E-state index in [9.17, 15) is 9.59 Å². The van der Waals surface area contributed by atoms with Gasteiger partial charge in [0.05, 0.1) is 5.41 Å². The van der Waals surface area contributed by atoms with Crippen LogP contribution in [-0.4, -0.2) is 35.8 Å². The molecule has 0 aliphatic carbocycles. The minimum Gasteiger partial charge on any atom is -0.312 e. The van der Waals surface area contributed by atoms with Gasteiger partial charge in [0.15, 0.2) is 0 Å². The Morgan fingerprint density at radius 1 is 1.47 bits per heavy atom. The lowest BCUT2D eigenvalue weighted by atomic mass is 9.78. The van der Waals surface area contributed by atoms with Gasteiger partial charge in [0.2, 0.25) is 11.8 Å². The largest absolute Gasteiger partial charge is 0.312 e. The first-order valence-corrected chi connectivity index (χ1v) is 6.53. The second-order valence-corrected chi connectivity index (χ2v) is 5.85. The highest BCUT2D eigenvalue weighted by Gasteiger charge is 2.50. The van der Waals surface area contributed by atoms with Crippen LogP contribution in [0.2, 0.25) is 0 Å². The van der Waals surface area contributed by atoms with E-state index in [0.717, 1.165) is 19.4 Å². The molecule has 2 amide bonds. The number of rotatable bonds is 3. The van der Waals surface area contributed by atoms with Gasteiger partial charge >= 0.3 is 0 Å². The zero-order valence-corrected chi connectivity index (χ0v) is 11.0. The monoisotopic (exact) mass is 238 g/mol. The number of carbonyl (C=O) groups excluding carboxylic acids is 2. The maximum absolute atomic E-state index is 12.3. The molecule has 2 saturated heterocycles. The SMILES string of the molecule is CC(C)C1(C)CC(=O)N(CC2CCCN2)C1=O. The lowest BCUT2D eigenvalue weighted by Crippen LogP contribution is -2.43. The highest BCUT2D eigenvalue weighted by molar-refractivity contribution is 6.05. The van der Waals surface area contributed by atoms with Crippen molar-refractivity contribution in [1.82, 2.24) is 10.2 Å². The number of carbonyl (C=O) groups is 2. The number of likely N-dealkylation sites (tertiary alicyclic amines) is 1. The van der Waals surface area contributed by atoms with Gasteiger partial charge in [0.1, 0.15) is 0 Å². The van der Waals surface area contributed by atoms with Gasteiger partial charge in [-0.15, -0.1) is 0 Å². The van der Waals surface area contributed by atoms with Crippen LogP contribution in [0.15, 0.2) is 0 Å². The van der Waals surface area contributed by atoms with Gasteiger partial charge in [-0.1, -0.05) is 13.8 Å². The van der Waals surface area contributed by atoms with Gasteiger partial charge in [0, 0.05) is 19.0 Å². The van der Waals surface area contributed by atoms with Gasteiger partial charge < -0.3 is 5.32 Å². The summed E-state index contributed by atoms with van der Waals surface area (Å²) in [5.41, 5.74) is -0.490. The highest BCUT2D eigenvalue weighted by Crippen LogP contribution is 2.39. The molecule has 0 bridgehead atoms. The van der Waals surface area contributed by atoms with E-state index in [1.165, 1.54) is 4.90 Å². The van der Waals surface area contributed by atoms with E-state index in [1.807, 2.05) is 20.8 Å². The maximum atomic E-state index is 12.3. The fourth-order valence-electron chi connectivity index (χ4n) is 2.68. The Balaban J connectivity index is 2.08. The molecule has 0 aromatic rings. The van der Waals surface area contributed by atoms with Crippen LogP contribution in [0.3, 0.4) is 0 Å². The van der Waals surface area contributed by atoms with E-state index >= 15 is 0 Å². The Bertz CT molecular complexity index is 334. The van der Waals surface area contributed by atoms with Crippen LogP contribution in [0.1, 0.15) is 40.0 Å². The molecule has 17 heavy (non-hydrogen) atoms. The van der Waals surface area contributed by atoms with Gasteiger partial charge in [0.25, 0.3) is 0 Å². The fourth-order valence-corrected chi connectivity index (χ4v) is 2.68. The van der Waals surface area contributed by atoms with Crippen molar-refractivity contribution >= 4 is 11.8 Å². The molecule has 2 unspecified atom stereocenters. The number of hydrogen-bond donors (Lipinski definition) is 1. The van der Waals surface area contributed by atoms with Crippen molar-refractivity contribution in [2.75, 3.05) is 13.1 Å². The van der Waals surface area contributed by atoms with Crippen molar-refractivity contribution in [1.29, 1.82) is 0 Å². The molecule has 0 radical (unpaired) electrons. The molecule has 2 fully saturated rings. The second kappa shape index (κ2) is 4.41. The maximum Gasteiger partial charge on any atom is 0.235 e. The van der Waals surface area contributed by atoms with Crippen LogP contribution >= 0.6 is 0 Å². The summed E-state index contributed by atoms with van der Waals surface area (Å²) in [6.07, 6.45) is 2.58. The van der Waals surface area contributed by atoms with Crippen molar-refractivity contribution in [3.63, 3.8) is 0 Å². The topological polar surface area (TPSA) is 49.4 Å². The Labute approximate surface area is 103 Å². The summed E-state index contributed by atoms with van der Waals surface area (Å²) in [6.45, 7) is 7.51. The third-order valence-electron chi connectivity index (χ3n) is 4.39. The van der Waals surface area contributed by atoms with Crippen LogP contribution in [0.25, 0.3) is 0 Å². The van der Waals surface area contributed by atoms with Crippen LogP contribution in [0.4, 0.5) is 0 Å². The molecule has 2 heterocycles. The van der Waals surface area contributed by atoms with Crippen LogP contribution < -0.4 is 5.32 Å². The molecular formula is C13H22N2O2. The van der Waals surface area contributed by atoms with Crippen molar-refractivity contribution in [3.8, 4) is 0 Å². The van der Waals surface area contributed by atoms with E-state index in [2.05, 4.69) is 5.32 Å². The molecule has 0 aromatic carbocycles. The molecule has 0 saturated carbocycles. The number of hydrogen-bond acceptors (Lipinski definition) is 3. The van der Waals surface area contributed by atoms with Gasteiger partial charge in [-0.25, -0.2) is 0 Å². The first-order valence-electron chi connectivity index (χ1n) is 6.53. The van der Waals surface area contributed by atoms with Gasteiger partial charge in [-0.05, 0) is 32.2 Å². The Kier molecular flexibility index (Phi) is 3.25. The molecule has 1 N–H and O–H groups in total. The van der Waals surface area contributed by atoms with Crippen molar-refractivity contribution in [3.05, 3.63) is 0 Å². The average Bonchev–Trinajstić information content (AvgIpc) is 2.82. The third kappa shape index (κ3) is 2.10. The summed E-state index contributed by atoms with van der Waals surface area (Å²) in [6, 6.07) is 0.303. The number of amides is 2. The molecular weight excluding hydrogens is 216 g/mol. The molecule has 2 rings (SSSR count). The normalized spacial score (nSPS) is 34.1. The average molecular weight is 238 g/mol. The minimum absolute atomic E-state index is 0.0000926. The summed E-state index contributed by atoms with van der Waals surface area (Å²) in [7, 11) is 0. The minimum atomic E-state index is -0.490. The fraction of sp³-hybridized carbons (Fsp3) is 0.846. The number of nitrogens with zero attached hydrogens (tertiary/aromatic N) is 1. The molecule has 96 valence electrons. The predicted molar refractivity (Wildman–Crippen MR) is 65.3 cm³/mol. The van der Waals surface area contributed by atoms with E-state index in [1.54, 1.807) is 0 Å². The van der Waals surface area contributed by atoms with Gasteiger partial charge in [-0.2, -0.15) is 0 Å². The van der Waals surface area contributed by atoms with Crippen molar-refractivity contribution in [2.24, 2.45) is 11.3 Å². The summed E-state index contributed by atoms with van der Waals surface area (Å²) >= 11 is 0. The van der Waals surface area contributed by atoms with E-state index in [4.69, 9.17) is 0 Å². The molecule has 2 aliphatic heterocycles. The molecule has 4 nitrogen and oxygen atoms in total. The lowest BCUT2D eigenvalue weighted by Gasteiger charge is -2.27. The van der Waals surface area contributed by atoms with E-state index < -0.39 is 5.41 Å². The number of imide groups is 1. The molecule has 2 aliphatic rings. The third-order valence-corrected chi connectivity index (χ3v) is 4.39. The van der Waals surface area contributed by atoms with Crippen LogP contribution in [0, 0.1) is 11.3 Å². The quantitative estimate of drug-likeness (QED) is 0.751. The van der Waals surface area contributed by atoms with E-state index in [0.29, 0.717) is 19.0 Å². The predicted octanol–water partition coefficient (Wildman–Crippen LogP) is 1.16. The Morgan fingerprint density at radius 2 is 2.18 bits per heavy atom. The zero-order chi connectivity index (χ0) is 12.6. The first kappa shape index (κ1) is 12.6. The number of nitrogens with one attached hydrogen (secondary N) is 1. The summed E-state index contributed by atoms with van der Waals surface area (Å²) < 4.78 is 0. The standard InChI is InChI=1S/C13H22N2O2/c1-9(2)13(3)7-11(16)15(12(13)17)8-10-5-4-6-14-10/h9-10,14H,4-8H2,1-3H3. The summed E-state index contributed by atoms with van der Waals surface area (Å²) in [5, 5.41) is 3.34. The zero-order valence-electron chi connectivity index (χ0n) is 11.0. The van der Waals surface area contributed by atoms with Crippen LogP contribution in [-0.2, 0) is 9.59 Å². The molecule has 0 aromatic heterocycles.